The summed E-state index contributed by atoms with van der Waals surface area (Å²) in [6, 6.07) is 2.93. The largest absolute Gasteiger partial charge is 0.435 e. The highest BCUT2D eigenvalue weighted by molar-refractivity contribution is 5.51. The molecule has 0 atom stereocenters. The van der Waals surface area contributed by atoms with Gasteiger partial charge in [-0.05, 0) is 43.5 Å². The van der Waals surface area contributed by atoms with Crippen molar-refractivity contribution in [3.05, 3.63) is 52.8 Å². The maximum Gasteiger partial charge on any atom is 0.435 e. The Morgan fingerprint density at radius 2 is 1.19 bits per heavy atom. The summed E-state index contributed by atoms with van der Waals surface area (Å²) < 4.78 is 93.0. The summed E-state index contributed by atoms with van der Waals surface area (Å²) in [5.41, 5.74) is -5.39. The highest BCUT2D eigenvalue weighted by atomic mass is 19.4. The van der Waals surface area contributed by atoms with E-state index < -0.39 is 23.6 Å². The lowest BCUT2D eigenvalue weighted by Crippen LogP contribution is -2.50. The first-order valence-electron chi connectivity index (χ1n) is 7.88. The highest BCUT2D eigenvalue weighted by Crippen LogP contribution is 2.53. The Bertz CT molecular complexity index is 717. The van der Waals surface area contributed by atoms with Crippen LogP contribution < -0.4 is 0 Å². The van der Waals surface area contributed by atoms with Crippen LogP contribution in [-0.4, -0.2) is 16.9 Å². The number of hydrogen-bond donors (Lipinski definition) is 0. The molecule has 0 aliphatic rings. The standard InChI is InChI=1S/C16H14F7N.C2H6/c1-9-4-5-24(8-9)13-10(2)6-12(7-11(13)3)14(17,15(18,19)20)16(21,22)23;1-2/h4-8H,1-3H3;1-2H3. The van der Waals surface area contributed by atoms with E-state index in [1.165, 1.54) is 13.8 Å². The Labute approximate surface area is 147 Å². The normalized spacial score (nSPS) is 12.6. The van der Waals surface area contributed by atoms with Gasteiger partial charge in [-0.25, -0.2) is 4.39 Å². The van der Waals surface area contributed by atoms with Gasteiger partial charge in [0.15, 0.2) is 0 Å². The van der Waals surface area contributed by atoms with Crippen LogP contribution in [0.15, 0.2) is 30.6 Å². The SMILES string of the molecule is CC.Cc1ccn(-c2c(C)cc(C(F)(C(F)(F)F)C(F)(F)F)cc2C)c1. The molecule has 8 heteroatoms. The average molecular weight is 383 g/mol. The Kier molecular flexibility index (Phi) is 6.21. The predicted octanol–water partition coefficient (Wildman–Crippen LogP) is 6.72. The molecule has 1 nitrogen and oxygen atoms in total. The Hall–Kier alpha value is -1.99. The van der Waals surface area contributed by atoms with Crippen molar-refractivity contribution in [2.45, 2.75) is 52.6 Å². The van der Waals surface area contributed by atoms with Gasteiger partial charge in [-0.1, -0.05) is 26.0 Å². The van der Waals surface area contributed by atoms with Gasteiger partial charge in [0.05, 0.1) is 5.69 Å². The van der Waals surface area contributed by atoms with Crippen molar-refractivity contribution in [1.29, 1.82) is 0 Å². The molecule has 0 fully saturated rings. The zero-order valence-electron chi connectivity index (χ0n) is 15.0. The van der Waals surface area contributed by atoms with Gasteiger partial charge in [-0.2, -0.15) is 26.3 Å². The van der Waals surface area contributed by atoms with Crippen LogP contribution in [-0.2, 0) is 5.67 Å². The van der Waals surface area contributed by atoms with E-state index in [4.69, 9.17) is 0 Å². The zero-order chi connectivity index (χ0) is 20.5. The first-order chi connectivity index (χ1) is 11.8. The van der Waals surface area contributed by atoms with Crippen molar-refractivity contribution in [1.82, 2.24) is 4.57 Å². The number of aryl methyl sites for hydroxylation is 3. The molecule has 0 amide bonds. The molecule has 0 saturated heterocycles. The van der Waals surface area contributed by atoms with Gasteiger partial charge in [-0.3, -0.25) is 0 Å². The van der Waals surface area contributed by atoms with Crippen LogP contribution in [0.3, 0.4) is 0 Å². The lowest BCUT2D eigenvalue weighted by molar-refractivity contribution is -0.348. The summed E-state index contributed by atoms with van der Waals surface area (Å²) in [4.78, 5) is 0. The number of benzene rings is 1. The van der Waals surface area contributed by atoms with E-state index in [9.17, 15) is 30.7 Å². The fourth-order valence-electron chi connectivity index (χ4n) is 2.69. The Morgan fingerprint density at radius 3 is 1.50 bits per heavy atom. The molecule has 0 radical (unpaired) electrons. The molecule has 1 aromatic heterocycles. The monoisotopic (exact) mass is 383 g/mol. The second-order valence-electron chi connectivity index (χ2n) is 5.71. The zero-order valence-corrected chi connectivity index (χ0v) is 15.0. The smallest absolute Gasteiger partial charge is 0.323 e. The third-order valence-corrected chi connectivity index (χ3v) is 3.77. The van der Waals surface area contributed by atoms with Crippen molar-refractivity contribution < 1.29 is 30.7 Å². The van der Waals surface area contributed by atoms with Crippen LogP contribution in [0.2, 0.25) is 0 Å². The lowest BCUT2D eigenvalue weighted by atomic mass is 9.90. The van der Waals surface area contributed by atoms with E-state index >= 15 is 0 Å². The molecule has 26 heavy (non-hydrogen) atoms. The maximum absolute atomic E-state index is 14.2. The second-order valence-corrected chi connectivity index (χ2v) is 5.71. The van der Waals surface area contributed by atoms with E-state index in [-0.39, 0.29) is 11.1 Å². The summed E-state index contributed by atoms with van der Waals surface area (Å²) in [6.45, 7) is 8.47. The van der Waals surface area contributed by atoms with Gasteiger partial charge in [-0.15, -0.1) is 0 Å². The van der Waals surface area contributed by atoms with Crippen LogP contribution in [0.1, 0.15) is 36.1 Å². The number of hydrogen-bond acceptors (Lipinski definition) is 0. The molecule has 2 rings (SSSR count). The van der Waals surface area contributed by atoms with E-state index in [1.54, 1.807) is 30.0 Å². The van der Waals surface area contributed by atoms with Gasteiger partial charge < -0.3 is 4.57 Å². The molecule has 0 unspecified atom stereocenters. The van der Waals surface area contributed by atoms with E-state index in [1.807, 2.05) is 13.8 Å². The van der Waals surface area contributed by atoms with E-state index in [2.05, 4.69) is 0 Å². The number of nitrogens with zero attached hydrogens (tertiary/aromatic N) is 1. The summed E-state index contributed by atoms with van der Waals surface area (Å²) in [7, 11) is 0. The van der Waals surface area contributed by atoms with Gasteiger partial charge in [0.2, 0.25) is 0 Å². The first kappa shape index (κ1) is 22.1. The van der Waals surface area contributed by atoms with Crippen molar-refractivity contribution in [2.24, 2.45) is 0 Å². The lowest BCUT2D eigenvalue weighted by Gasteiger charge is -2.31. The maximum atomic E-state index is 14.2. The van der Waals surface area contributed by atoms with Crippen LogP contribution in [0.5, 0.6) is 0 Å². The summed E-state index contributed by atoms with van der Waals surface area (Å²) >= 11 is 0. The molecule has 0 aliphatic heterocycles. The first-order valence-corrected chi connectivity index (χ1v) is 7.88. The molecule has 1 aromatic carbocycles. The summed E-state index contributed by atoms with van der Waals surface area (Å²) in [5, 5.41) is 0. The van der Waals surface area contributed by atoms with Crippen molar-refractivity contribution in [2.75, 3.05) is 0 Å². The molecule has 0 spiro atoms. The molecular weight excluding hydrogens is 363 g/mol. The third kappa shape index (κ3) is 3.73. The van der Waals surface area contributed by atoms with Crippen LogP contribution in [0.25, 0.3) is 5.69 Å². The van der Waals surface area contributed by atoms with Crippen molar-refractivity contribution >= 4 is 0 Å². The van der Waals surface area contributed by atoms with Gasteiger partial charge in [0, 0.05) is 18.0 Å². The number of rotatable bonds is 2. The third-order valence-electron chi connectivity index (χ3n) is 3.77. The topological polar surface area (TPSA) is 4.93 Å². The van der Waals surface area contributed by atoms with Gasteiger partial charge in [0.25, 0.3) is 0 Å². The molecule has 0 N–H and O–H groups in total. The molecular formula is C18H20F7N. The fourth-order valence-corrected chi connectivity index (χ4v) is 2.69. The minimum Gasteiger partial charge on any atom is -0.323 e. The van der Waals surface area contributed by atoms with Gasteiger partial charge in [0.1, 0.15) is 0 Å². The second kappa shape index (κ2) is 7.32. The minimum atomic E-state index is -6.12. The van der Waals surface area contributed by atoms with Crippen LogP contribution in [0, 0.1) is 20.8 Å². The summed E-state index contributed by atoms with van der Waals surface area (Å²) in [5.74, 6) is 0. The highest BCUT2D eigenvalue weighted by Gasteiger charge is 2.73. The molecule has 2 aromatic rings. The number of halogens is 7. The molecule has 0 aliphatic carbocycles. The average Bonchev–Trinajstić information content (AvgIpc) is 2.91. The molecule has 1 heterocycles. The van der Waals surface area contributed by atoms with Gasteiger partial charge >= 0.3 is 18.0 Å². The molecule has 0 bridgehead atoms. The molecule has 146 valence electrons. The Morgan fingerprint density at radius 1 is 0.769 bits per heavy atom. The van der Waals surface area contributed by atoms with Crippen LogP contribution >= 0.6 is 0 Å². The van der Waals surface area contributed by atoms with Crippen molar-refractivity contribution in [3.63, 3.8) is 0 Å². The minimum absolute atomic E-state index is 0.108. The fraction of sp³-hybridized carbons (Fsp3) is 0.444. The van der Waals surface area contributed by atoms with E-state index in [0.29, 0.717) is 17.8 Å². The summed E-state index contributed by atoms with van der Waals surface area (Å²) in [6.07, 6.45) is -8.93. The Balaban J connectivity index is 0.00000163. The number of aromatic nitrogens is 1. The number of alkyl halides is 7. The predicted molar refractivity (Wildman–Crippen MR) is 86.2 cm³/mol. The quantitative estimate of drug-likeness (QED) is 0.508. The van der Waals surface area contributed by atoms with E-state index in [0.717, 1.165) is 5.56 Å². The molecule has 0 saturated carbocycles. The van der Waals surface area contributed by atoms with Crippen molar-refractivity contribution in [3.8, 4) is 5.69 Å². The van der Waals surface area contributed by atoms with Crippen LogP contribution in [0.4, 0.5) is 30.7 Å².